The predicted molar refractivity (Wildman–Crippen MR) is 199 cm³/mol. The second-order valence-corrected chi connectivity index (χ2v) is 17.8. The van der Waals surface area contributed by atoms with Crippen molar-refractivity contribution in [2.24, 2.45) is 15.7 Å². The number of rotatable bonds is 11. The van der Waals surface area contributed by atoms with Gasteiger partial charge in [0.1, 0.15) is 0 Å². The van der Waals surface area contributed by atoms with Crippen LogP contribution in [-0.2, 0) is 28.8 Å². The number of amides is 3. The van der Waals surface area contributed by atoms with Crippen molar-refractivity contribution in [3.63, 3.8) is 0 Å². The average molecular weight is 797 g/mol. The van der Waals surface area contributed by atoms with E-state index in [1.807, 2.05) is 6.07 Å². The van der Waals surface area contributed by atoms with Crippen LogP contribution in [0.15, 0.2) is 77.2 Å². The normalized spacial score (nSPS) is 20.8. The van der Waals surface area contributed by atoms with Crippen molar-refractivity contribution < 1.29 is 41.3 Å². The number of piperidine rings is 1. The number of nitrogens with one attached hydrogen (secondary N) is 1. The summed E-state index contributed by atoms with van der Waals surface area (Å²) in [5.41, 5.74) is 0.592. The molecule has 1 N–H and O–H groups in total. The number of ether oxygens (including phenoxy) is 1. The van der Waals surface area contributed by atoms with Crippen molar-refractivity contribution in [2.75, 3.05) is 18.2 Å². The van der Waals surface area contributed by atoms with Crippen molar-refractivity contribution in [2.45, 2.75) is 76.9 Å². The SMILES string of the molecule is COC(=O)c1ccc(NC(=O)C[C@@]2(C)C[C@H](c3cccc(Cl)c3)[C@@H](c3ccc(Cl)cc3)N(C(CS(=O)(=NC(=O)C(F)(F)F)C(C)C)C(C)C)C2=O)cc1. The number of esters is 1. The number of methoxy groups -OCH3 is 1. The molecule has 15 heteroatoms. The summed E-state index contributed by atoms with van der Waals surface area (Å²) in [7, 11) is -2.66. The van der Waals surface area contributed by atoms with Crippen molar-refractivity contribution in [3.05, 3.63) is 99.5 Å². The molecular formula is C38H42Cl2F3N3O6S. The lowest BCUT2D eigenvalue weighted by molar-refractivity contribution is -0.169. The van der Waals surface area contributed by atoms with E-state index < -0.39 is 79.9 Å². The molecule has 2 unspecified atom stereocenters. The smallest absolute Gasteiger partial charge is 0.465 e. The maximum absolute atomic E-state index is 15.1. The van der Waals surface area contributed by atoms with Gasteiger partial charge in [0.25, 0.3) is 0 Å². The number of anilines is 1. The summed E-state index contributed by atoms with van der Waals surface area (Å²) >= 11 is 12.8. The second-order valence-electron chi connectivity index (χ2n) is 14.0. The van der Waals surface area contributed by atoms with Crippen LogP contribution in [-0.4, -0.2) is 63.1 Å². The summed E-state index contributed by atoms with van der Waals surface area (Å²) in [6.07, 6.45) is -5.51. The van der Waals surface area contributed by atoms with E-state index >= 15 is 4.79 Å². The Bertz CT molecular complexity index is 1960. The van der Waals surface area contributed by atoms with Crippen molar-refractivity contribution in [1.82, 2.24) is 4.90 Å². The Hall–Kier alpha value is -3.94. The van der Waals surface area contributed by atoms with Gasteiger partial charge in [-0.3, -0.25) is 14.4 Å². The maximum atomic E-state index is 15.1. The molecule has 1 saturated heterocycles. The topological polar surface area (TPSA) is 122 Å². The van der Waals surface area contributed by atoms with Crippen molar-refractivity contribution in [3.8, 4) is 0 Å². The summed E-state index contributed by atoms with van der Waals surface area (Å²) in [5, 5.41) is 2.64. The molecule has 3 amide bonds. The highest BCUT2D eigenvalue weighted by atomic mass is 35.5. The molecule has 0 aliphatic carbocycles. The highest BCUT2D eigenvalue weighted by Crippen LogP contribution is 2.53. The lowest BCUT2D eigenvalue weighted by atomic mass is 9.66. The molecule has 9 nitrogen and oxygen atoms in total. The molecule has 1 aliphatic heterocycles. The Morgan fingerprint density at radius 3 is 2.13 bits per heavy atom. The summed E-state index contributed by atoms with van der Waals surface area (Å²) in [6.45, 7) is 7.97. The van der Waals surface area contributed by atoms with Crippen LogP contribution in [0, 0.1) is 11.3 Å². The van der Waals surface area contributed by atoms with Gasteiger partial charge in [-0.2, -0.15) is 17.5 Å². The number of nitrogens with zero attached hydrogens (tertiary/aromatic N) is 2. The molecule has 53 heavy (non-hydrogen) atoms. The number of carbonyl (C=O) groups excluding carboxylic acids is 4. The Balaban J connectivity index is 1.89. The van der Waals surface area contributed by atoms with Gasteiger partial charge in [0.05, 0.1) is 39.6 Å². The van der Waals surface area contributed by atoms with Gasteiger partial charge in [-0.25, -0.2) is 9.00 Å². The Morgan fingerprint density at radius 1 is 0.981 bits per heavy atom. The summed E-state index contributed by atoms with van der Waals surface area (Å²) in [6, 6.07) is 18.0. The minimum absolute atomic E-state index is 0.145. The zero-order valence-corrected chi connectivity index (χ0v) is 32.4. The first kappa shape index (κ1) is 41.8. The first-order chi connectivity index (χ1) is 24.7. The van der Waals surface area contributed by atoms with Crippen LogP contribution in [0.2, 0.25) is 10.0 Å². The van der Waals surface area contributed by atoms with Crippen LogP contribution < -0.4 is 5.32 Å². The lowest BCUT2D eigenvalue weighted by Gasteiger charge is -2.53. The third-order valence-corrected chi connectivity index (χ3v) is 12.7. The molecular weight excluding hydrogens is 754 g/mol. The average Bonchev–Trinajstić information content (AvgIpc) is 3.08. The molecule has 1 fully saturated rings. The highest BCUT2D eigenvalue weighted by molar-refractivity contribution is 7.94. The van der Waals surface area contributed by atoms with Gasteiger partial charge in [0, 0.05) is 39.4 Å². The third kappa shape index (κ3) is 9.79. The molecule has 1 heterocycles. The largest absolute Gasteiger partial charge is 0.474 e. The minimum Gasteiger partial charge on any atom is -0.465 e. The van der Waals surface area contributed by atoms with E-state index in [0.717, 1.165) is 5.56 Å². The minimum atomic E-state index is -5.35. The van der Waals surface area contributed by atoms with E-state index in [4.69, 9.17) is 27.9 Å². The number of hydrogen-bond acceptors (Lipinski definition) is 6. The van der Waals surface area contributed by atoms with Gasteiger partial charge in [-0.15, -0.1) is 0 Å². The number of halogens is 5. The number of hydrogen-bond donors (Lipinski definition) is 1. The molecule has 0 bridgehead atoms. The number of alkyl halides is 3. The summed E-state index contributed by atoms with van der Waals surface area (Å²) in [5.74, 6) is -5.61. The first-order valence-electron chi connectivity index (χ1n) is 16.9. The fraction of sp³-hybridized carbons (Fsp3) is 0.421. The maximum Gasteiger partial charge on any atom is 0.474 e. The lowest BCUT2D eigenvalue weighted by Crippen LogP contribution is -2.59. The van der Waals surface area contributed by atoms with E-state index in [1.54, 1.807) is 63.2 Å². The Kier molecular flexibility index (Phi) is 13.1. The van der Waals surface area contributed by atoms with E-state index in [-0.39, 0.29) is 18.4 Å². The van der Waals surface area contributed by atoms with E-state index in [9.17, 15) is 31.8 Å². The fourth-order valence-electron chi connectivity index (χ4n) is 6.64. The van der Waals surface area contributed by atoms with Gasteiger partial charge in [0.2, 0.25) is 11.8 Å². The van der Waals surface area contributed by atoms with Gasteiger partial charge in [-0.1, -0.05) is 82.1 Å². The molecule has 3 aromatic rings. The number of benzene rings is 3. The zero-order chi connectivity index (χ0) is 39.5. The van der Waals surface area contributed by atoms with Crippen LogP contribution >= 0.6 is 23.2 Å². The third-order valence-electron chi connectivity index (χ3n) is 9.48. The zero-order valence-electron chi connectivity index (χ0n) is 30.1. The molecule has 5 atom stereocenters. The van der Waals surface area contributed by atoms with Crippen molar-refractivity contribution in [1.29, 1.82) is 0 Å². The van der Waals surface area contributed by atoms with Crippen LogP contribution in [0.3, 0.4) is 0 Å². The van der Waals surface area contributed by atoms with Gasteiger partial charge in [0.15, 0.2) is 0 Å². The highest BCUT2D eigenvalue weighted by Gasteiger charge is 2.53. The van der Waals surface area contributed by atoms with Crippen LogP contribution in [0.1, 0.15) is 80.9 Å². The molecule has 0 saturated carbocycles. The summed E-state index contributed by atoms with van der Waals surface area (Å²) < 4.78 is 62.8. The van der Waals surface area contributed by atoms with Crippen LogP contribution in [0.25, 0.3) is 0 Å². The first-order valence-corrected chi connectivity index (χ1v) is 19.4. The summed E-state index contributed by atoms with van der Waals surface area (Å²) in [4.78, 5) is 54.4. The standard InChI is InChI=1S/C38H42Cl2F3N3O6S/c1-22(2)31(21-53(51,23(3)4)45-35(49)38(41,42)43)46-33(24-10-14-27(39)15-11-24)30(26-8-7-9-28(40)18-26)19-37(5,36(46)50)20-32(47)44-29-16-12-25(13-17-29)34(48)52-6/h7-18,22-23,30-31,33H,19-21H2,1-6H3,(H,44,47)/t30-,31?,33-,37-,53?/m1/s1. The van der Waals surface area contributed by atoms with E-state index in [0.29, 0.717) is 21.3 Å². The van der Waals surface area contributed by atoms with Crippen molar-refractivity contribution >= 4 is 62.3 Å². The molecule has 0 radical (unpaired) electrons. The number of carbonyl (C=O) groups is 4. The van der Waals surface area contributed by atoms with Gasteiger partial charge < -0.3 is 15.0 Å². The predicted octanol–water partition coefficient (Wildman–Crippen LogP) is 8.86. The van der Waals surface area contributed by atoms with E-state index in [1.165, 1.54) is 50.1 Å². The quantitative estimate of drug-likeness (QED) is 0.194. The fourth-order valence-corrected chi connectivity index (χ4v) is 9.06. The van der Waals surface area contributed by atoms with Crippen LogP contribution in [0.4, 0.5) is 18.9 Å². The monoisotopic (exact) mass is 795 g/mol. The number of likely N-dealkylation sites (tertiary alicyclic amines) is 1. The molecule has 4 rings (SSSR count). The van der Waals surface area contributed by atoms with Gasteiger partial charge >= 0.3 is 18.1 Å². The Labute approximate surface area is 317 Å². The van der Waals surface area contributed by atoms with E-state index in [2.05, 4.69) is 9.68 Å². The molecule has 286 valence electrons. The molecule has 3 aromatic carbocycles. The molecule has 0 aromatic heterocycles. The Morgan fingerprint density at radius 2 is 1.60 bits per heavy atom. The molecule has 0 spiro atoms. The van der Waals surface area contributed by atoms with Crippen LogP contribution in [0.5, 0.6) is 0 Å². The second kappa shape index (κ2) is 16.6. The van der Waals surface area contributed by atoms with Gasteiger partial charge in [-0.05, 0) is 72.0 Å². The molecule has 1 aliphatic rings.